The summed E-state index contributed by atoms with van der Waals surface area (Å²) in [6, 6.07) is 8.75. The van der Waals surface area contributed by atoms with E-state index < -0.39 is 0 Å². The first-order chi connectivity index (χ1) is 8.69. The Hall–Kier alpha value is -2.43. The van der Waals surface area contributed by atoms with Crippen molar-refractivity contribution in [2.45, 2.75) is 6.42 Å². The fraction of sp³-hybridized carbons (Fsp3) is 0.154. The highest BCUT2D eigenvalue weighted by Gasteiger charge is 2.19. The fourth-order valence-electron chi connectivity index (χ4n) is 2.20. The number of hydrogen-bond donors (Lipinski definition) is 0. The molecule has 0 aliphatic carbocycles. The summed E-state index contributed by atoms with van der Waals surface area (Å²) in [6.07, 6.45) is 0.591. The first kappa shape index (κ1) is 10.7. The van der Waals surface area contributed by atoms with Gasteiger partial charge < -0.3 is 4.74 Å². The number of nitrogens with zero attached hydrogens (tertiary/aromatic N) is 2. The lowest BCUT2D eigenvalue weighted by Gasteiger charge is -2.02. The Morgan fingerprint density at radius 3 is 2.94 bits per heavy atom. The summed E-state index contributed by atoms with van der Waals surface area (Å²) < 4.78 is 5.11. The molecule has 0 unspecified atom stereocenters. The molecule has 0 saturated heterocycles. The third kappa shape index (κ3) is 1.52. The minimum absolute atomic E-state index is 0.126. The topological polar surface area (TPSA) is 64.7 Å². The van der Waals surface area contributed by atoms with E-state index in [4.69, 9.17) is 4.74 Å². The summed E-state index contributed by atoms with van der Waals surface area (Å²) in [5.74, 6) is 0.642. The molecule has 0 spiro atoms. The van der Waals surface area contributed by atoms with Gasteiger partial charge in [0, 0.05) is 6.07 Å². The van der Waals surface area contributed by atoms with Crippen LogP contribution in [-0.4, -0.2) is 17.9 Å². The van der Waals surface area contributed by atoms with Crippen molar-refractivity contribution in [3.05, 3.63) is 46.0 Å². The van der Waals surface area contributed by atoms with Gasteiger partial charge in [-0.2, -0.15) is 0 Å². The molecule has 1 aliphatic heterocycles. The van der Waals surface area contributed by atoms with Crippen LogP contribution in [0.3, 0.4) is 0 Å². The van der Waals surface area contributed by atoms with Crippen molar-refractivity contribution in [3.8, 4) is 0 Å². The van der Waals surface area contributed by atoms with E-state index in [0.29, 0.717) is 17.7 Å². The SMILES string of the molecule is COC1=Nc2cc3cccc([N+](=O)[O-])c3cc2C1. The smallest absolute Gasteiger partial charge is 0.277 e. The number of hydrogen-bond acceptors (Lipinski definition) is 4. The highest BCUT2D eigenvalue weighted by molar-refractivity contribution is 5.98. The Morgan fingerprint density at radius 2 is 2.22 bits per heavy atom. The number of fused-ring (bicyclic) bond motifs is 2. The predicted octanol–water partition coefficient (Wildman–Crippen LogP) is 2.98. The molecule has 0 fully saturated rings. The largest absolute Gasteiger partial charge is 0.484 e. The van der Waals surface area contributed by atoms with Gasteiger partial charge in [0.2, 0.25) is 0 Å². The maximum atomic E-state index is 11.0. The van der Waals surface area contributed by atoms with Gasteiger partial charge in [0.1, 0.15) is 0 Å². The van der Waals surface area contributed by atoms with Gasteiger partial charge in [-0.1, -0.05) is 12.1 Å². The first-order valence-corrected chi connectivity index (χ1v) is 5.50. The number of nitro groups is 1. The predicted molar refractivity (Wildman–Crippen MR) is 68.4 cm³/mol. The normalized spacial score (nSPS) is 13.3. The minimum atomic E-state index is -0.359. The molecule has 0 amide bonds. The third-order valence-corrected chi connectivity index (χ3v) is 3.08. The molecule has 0 atom stereocenters. The maximum absolute atomic E-state index is 11.0. The molecule has 0 saturated carbocycles. The van der Waals surface area contributed by atoms with E-state index in [9.17, 15) is 10.1 Å². The number of benzene rings is 2. The number of ether oxygens (including phenoxy) is 1. The van der Waals surface area contributed by atoms with Crippen molar-refractivity contribution in [2.75, 3.05) is 7.11 Å². The van der Waals surface area contributed by atoms with Crippen LogP contribution in [0.4, 0.5) is 11.4 Å². The first-order valence-electron chi connectivity index (χ1n) is 5.50. The van der Waals surface area contributed by atoms with E-state index in [1.165, 1.54) is 6.07 Å². The molecule has 90 valence electrons. The van der Waals surface area contributed by atoms with Crippen LogP contribution in [0.2, 0.25) is 0 Å². The van der Waals surface area contributed by atoms with Crippen LogP contribution >= 0.6 is 0 Å². The van der Waals surface area contributed by atoms with Crippen molar-refractivity contribution in [3.63, 3.8) is 0 Å². The zero-order valence-corrected chi connectivity index (χ0v) is 9.71. The summed E-state index contributed by atoms with van der Waals surface area (Å²) in [5, 5.41) is 12.5. The Bertz CT molecular complexity index is 692. The summed E-state index contributed by atoms with van der Waals surface area (Å²) in [5.41, 5.74) is 1.93. The molecule has 5 heteroatoms. The lowest BCUT2D eigenvalue weighted by Crippen LogP contribution is -1.99. The second kappa shape index (κ2) is 3.80. The summed E-state index contributed by atoms with van der Waals surface area (Å²) >= 11 is 0. The number of nitro benzene ring substituents is 1. The van der Waals surface area contributed by atoms with Crippen molar-refractivity contribution in [1.29, 1.82) is 0 Å². The van der Waals surface area contributed by atoms with E-state index in [0.717, 1.165) is 16.6 Å². The molecule has 0 N–H and O–H groups in total. The van der Waals surface area contributed by atoms with E-state index in [1.807, 2.05) is 18.2 Å². The molecule has 0 aromatic heterocycles. The second-order valence-electron chi connectivity index (χ2n) is 4.12. The summed E-state index contributed by atoms with van der Waals surface area (Å²) in [6.45, 7) is 0. The lowest BCUT2D eigenvalue weighted by molar-refractivity contribution is -0.383. The molecule has 1 heterocycles. The van der Waals surface area contributed by atoms with Crippen molar-refractivity contribution in [2.24, 2.45) is 4.99 Å². The monoisotopic (exact) mass is 242 g/mol. The summed E-state index contributed by atoms with van der Waals surface area (Å²) in [7, 11) is 1.58. The van der Waals surface area contributed by atoms with Crippen LogP contribution < -0.4 is 0 Å². The van der Waals surface area contributed by atoms with E-state index in [-0.39, 0.29) is 10.6 Å². The minimum Gasteiger partial charge on any atom is -0.484 e. The van der Waals surface area contributed by atoms with Crippen LogP contribution in [0.5, 0.6) is 0 Å². The Morgan fingerprint density at radius 1 is 1.39 bits per heavy atom. The molecule has 3 rings (SSSR count). The van der Waals surface area contributed by atoms with E-state index >= 15 is 0 Å². The zero-order valence-electron chi connectivity index (χ0n) is 9.71. The summed E-state index contributed by atoms with van der Waals surface area (Å²) in [4.78, 5) is 14.9. The molecule has 18 heavy (non-hydrogen) atoms. The Balaban J connectivity index is 2.24. The Kier molecular flexibility index (Phi) is 2.26. The molecule has 5 nitrogen and oxygen atoms in total. The van der Waals surface area contributed by atoms with Gasteiger partial charge in [-0.25, -0.2) is 4.99 Å². The zero-order chi connectivity index (χ0) is 12.7. The van der Waals surface area contributed by atoms with Crippen LogP contribution in [0.25, 0.3) is 10.8 Å². The molecular formula is C13H10N2O3. The number of aliphatic imine (C=N–C) groups is 1. The quantitative estimate of drug-likeness (QED) is 0.570. The van der Waals surface area contributed by atoms with Crippen LogP contribution in [-0.2, 0) is 11.2 Å². The van der Waals surface area contributed by atoms with E-state index in [2.05, 4.69) is 4.99 Å². The second-order valence-corrected chi connectivity index (χ2v) is 4.12. The molecule has 2 aromatic rings. The van der Waals surface area contributed by atoms with E-state index in [1.54, 1.807) is 13.2 Å². The van der Waals surface area contributed by atoms with Gasteiger partial charge >= 0.3 is 0 Å². The van der Waals surface area contributed by atoms with Gasteiger partial charge in [0.05, 0.1) is 29.5 Å². The van der Waals surface area contributed by atoms with Gasteiger partial charge in [-0.15, -0.1) is 0 Å². The van der Waals surface area contributed by atoms with Gasteiger partial charge in [0.25, 0.3) is 5.69 Å². The molecule has 1 aliphatic rings. The standard InChI is InChI=1S/C13H10N2O3/c1-18-13-7-9-5-10-8(6-11(9)14-13)3-2-4-12(10)15(16)17/h2-6H,7H2,1H3. The highest BCUT2D eigenvalue weighted by Crippen LogP contribution is 2.35. The molecule has 0 bridgehead atoms. The maximum Gasteiger partial charge on any atom is 0.277 e. The average Bonchev–Trinajstić information content (AvgIpc) is 2.76. The fourth-order valence-corrected chi connectivity index (χ4v) is 2.20. The number of rotatable bonds is 1. The molecule has 2 aromatic carbocycles. The van der Waals surface area contributed by atoms with Crippen molar-refractivity contribution >= 4 is 28.0 Å². The van der Waals surface area contributed by atoms with Crippen LogP contribution in [0, 0.1) is 10.1 Å². The number of methoxy groups -OCH3 is 1. The van der Waals surface area contributed by atoms with Gasteiger partial charge in [-0.05, 0) is 23.1 Å². The van der Waals surface area contributed by atoms with Gasteiger partial charge in [0.15, 0.2) is 5.90 Å². The number of non-ortho nitro benzene ring substituents is 1. The van der Waals surface area contributed by atoms with Crippen LogP contribution in [0.15, 0.2) is 35.3 Å². The van der Waals surface area contributed by atoms with Crippen molar-refractivity contribution in [1.82, 2.24) is 0 Å². The average molecular weight is 242 g/mol. The van der Waals surface area contributed by atoms with Crippen molar-refractivity contribution < 1.29 is 9.66 Å². The Labute approximate surface area is 103 Å². The molecule has 0 radical (unpaired) electrons. The van der Waals surface area contributed by atoms with Gasteiger partial charge in [-0.3, -0.25) is 10.1 Å². The molecular weight excluding hydrogens is 232 g/mol. The third-order valence-electron chi connectivity index (χ3n) is 3.08. The van der Waals surface area contributed by atoms with Crippen LogP contribution in [0.1, 0.15) is 5.56 Å². The highest BCUT2D eigenvalue weighted by atomic mass is 16.6. The lowest BCUT2D eigenvalue weighted by atomic mass is 10.0.